The Balaban J connectivity index is 2.49. The minimum atomic E-state index is -5.20. The third kappa shape index (κ3) is 2.02. The third-order valence-corrected chi connectivity index (χ3v) is 2.65. The Kier molecular flexibility index (Phi) is 2.65. The van der Waals surface area contributed by atoms with Crippen LogP contribution in [0.4, 0.5) is 18.6 Å². The maximum atomic E-state index is 12.3. The highest BCUT2D eigenvalue weighted by Gasteiger charge is 2.40. The van der Waals surface area contributed by atoms with Crippen LogP contribution in [-0.2, 0) is 4.79 Å². The zero-order valence-electron chi connectivity index (χ0n) is 8.29. The van der Waals surface area contributed by atoms with Crippen molar-refractivity contribution in [2.24, 2.45) is 0 Å². The molecular formula is C9H5BClF3NO2-. The summed E-state index contributed by atoms with van der Waals surface area (Å²) < 4.78 is 37.0. The molecule has 0 bridgehead atoms. The molecule has 90 valence electrons. The Hall–Kier alpha value is -1.50. The number of Topliss-reactive ketones (excluding diaryl/α,β-unsaturated/α-hetero) is 1. The summed E-state index contributed by atoms with van der Waals surface area (Å²) in [6.45, 7) is -5.20. The van der Waals surface area contributed by atoms with E-state index in [1.807, 2.05) is 0 Å². The molecule has 1 aromatic rings. The molecule has 0 spiro atoms. The number of benzene rings is 1. The maximum Gasteiger partial charge on any atom is 0.497 e. The Morgan fingerprint density at radius 2 is 1.88 bits per heavy atom. The molecule has 0 saturated heterocycles. The van der Waals surface area contributed by atoms with Crippen molar-refractivity contribution in [3.05, 3.63) is 28.8 Å². The van der Waals surface area contributed by atoms with Gasteiger partial charge in [0, 0.05) is 0 Å². The lowest BCUT2D eigenvalue weighted by molar-refractivity contribution is -0.114. The zero-order chi connectivity index (χ0) is 12.8. The number of fused-ring (bicyclic) bond motifs is 1. The molecule has 1 aromatic carbocycles. The molecule has 0 aliphatic carbocycles. The number of hydrogen-bond donors (Lipinski definition) is 0. The highest BCUT2D eigenvalue weighted by Crippen LogP contribution is 2.34. The average Bonchev–Trinajstić information content (AvgIpc) is 2.43. The van der Waals surface area contributed by atoms with Gasteiger partial charge in [-0.1, -0.05) is 17.7 Å². The number of nitrogens with zero attached hydrogens (tertiary/aromatic N) is 1. The SMILES string of the molecule is O=C1C(=O)N(C[B-](F)(F)F)c2cccc(Cl)c21. The molecule has 3 nitrogen and oxygen atoms in total. The van der Waals surface area contributed by atoms with Crippen LogP contribution in [0.5, 0.6) is 0 Å². The van der Waals surface area contributed by atoms with E-state index in [4.69, 9.17) is 11.6 Å². The summed E-state index contributed by atoms with van der Waals surface area (Å²) in [6.07, 6.45) is -1.43. The van der Waals surface area contributed by atoms with Gasteiger partial charge in [0.05, 0.1) is 16.3 Å². The molecule has 1 aliphatic rings. The Morgan fingerprint density at radius 1 is 1.24 bits per heavy atom. The zero-order valence-corrected chi connectivity index (χ0v) is 9.05. The van der Waals surface area contributed by atoms with E-state index in [0.29, 0.717) is 4.90 Å². The summed E-state index contributed by atoms with van der Waals surface area (Å²) in [6, 6.07) is 4.02. The van der Waals surface area contributed by atoms with Crippen molar-refractivity contribution in [2.45, 2.75) is 0 Å². The largest absolute Gasteiger partial charge is 0.497 e. The third-order valence-electron chi connectivity index (χ3n) is 2.34. The number of carbonyl (C=O) groups excluding carboxylic acids is 2. The Morgan fingerprint density at radius 3 is 2.47 bits per heavy atom. The minimum absolute atomic E-state index is 0.0157. The van der Waals surface area contributed by atoms with E-state index in [0.717, 1.165) is 0 Å². The minimum Gasteiger partial charge on any atom is -0.448 e. The van der Waals surface area contributed by atoms with E-state index in [1.165, 1.54) is 18.2 Å². The van der Waals surface area contributed by atoms with Crippen molar-refractivity contribution >= 4 is 36.0 Å². The molecule has 17 heavy (non-hydrogen) atoms. The smallest absolute Gasteiger partial charge is 0.448 e. The van der Waals surface area contributed by atoms with Gasteiger partial charge in [0.25, 0.3) is 11.7 Å². The molecule has 0 radical (unpaired) electrons. The van der Waals surface area contributed by atoms with Crippen LogP contribution in [0.2, 0.25) is 5.02 Å². The van der Waals surface area contributed by atoms with E-state index in [9.17, 15) is 22.5 Å². The predicted octanol–water partition coefficient (Wildman–Crippen LogP) is 2.26. The second-order valence-electron chi connectivity index (χ2n) is 3.59. The van der Waals surface area contributed by atoms with Crippen LogP contribution in [0.25, 0.3) is 0 Å². The van der Waals surface area contributed by atoms with Crippen LogP contribution in [-0.4, -0.2) is 25.1 Å². The van der Waals surface area contributed by atoms with Crippen molar-refractivity contribution in [3.8, 4) is 0 Å². The number of carbonyl (C=O) groups is 2. The van der Waals surface area contributed by atoms with Crippen molar-refractivity contribution in [1.82, 2.24) is 0 Å². The van der Waals surface area contributed by atoms with Gasteiger partial charge in [-0.05, 0) is 18.6 Å². The molecule has 0 atom stereocenters. The molecule has 1 amide bonds. The van der Waals surface area contributed by atoms with E-state index >= 15 is 0 Å². The number of ketones is 1. The van der Waals surface area contributed by atoms with Crippen LogP contribution in [0, 0.1) is 0 Å². The fourth-order valence-electron chi connectivity index (χ4n) is 1.69. The van der Waals surface area contributed by atoms with Gasteiger partial charge in [0.1, 0.15) is 0 Å². The van der Waals surface area contributed by atoms with Crippen molar-refractivity contribution in [2.75, 3.05) is 11.3 Å². The van der Waals surface area contributed by atoms with E-state index in [2.05, 4.69) is 0 Å². The molecule has 0 saturated carbocycles. The van der Waals surface area contributed by atoms with Crippen molar-refractivity contribution in [1.29, 1.82) is 0 Å². The lowest BCUT2D eigenvalue weighted by atomic mass is 9.91. The van der Waals surface area contributed by atoms with E-state index in [1.54, 1.807) is 0 Å². The van der Waals surface area contributed by atoms with Crippen LogP contribution in [0.3, 0.4) is 0 Å². The molecule has 8 heteroatoms. The van der Waals surface area contributed by atoms with Gasteiger partial charge in [-0.25, -0.2) is 0 Å². The summed E-state index contributed by atoms with van der Waals surface area (Å²) in [5.74, 6) is -2.18. The summed E-state index contributed by atoms with van der Waals surface area (Å²) in [5, 5.41) is -0.0157. The van der Waals surface area contributed by atoms with Gasteiger partial charge >= 0.3 is 6.98 Å². The van der Waals surface area contributed by atoms with Gasteiger partial charge in [0.15, 0.2) is 0 Å². The second kappa shape index (κ2) is 3.77. The predicted molar refractivity (Wildman–Crippen MR) is 57.2 cm³/mol. The van der Waals surface area contributed by atoms with Gasteiger partial charge < -0.3 is 17.8 Å². The summed E-state index contributed by atoms with van der Waals surface area (Å²) in [7, 11) is 0. The summed E-state index contributed by atoms with van der Waals surface area (Å²) >= 11 is 5.69. The number of hydrogen-bond acceptors (Lipinski definition) is 2. The number of halogens is 4. The van der Waals surface area contributed by atoms with Gasteiger partial charge in [-0.3, -0.25) is 9.59 Å². The van der Waals surface area contributed by atoms with Crippen LogP contribution >= 0.6 is 11.6 Å². The topological polar surface area (TPSA) is 37.4 Å². The molecule has 0 fully saturated rings. The lowest BCUT2D eigenvalue weighted by Crippen LogP contribution is -2.41. The molecule has 2 rings (SSSR count). The first-order valence-electron chi connectivity index (χ1n) is 4.67. The lowest BCUT2D eigenvalue weighted by Gasteiger charge is -2.23. The average molecular weight is 262 g/mol. The highest BCUT2D eigenvalue weighted by molar-refractivity contribution is 6.63. The standard InChI is InChI=1S/C9H5BClF3NO2/c11-5-2-1-3-6-7(5)8(16)9(17)15(6)4-10(12,13)14/h1-3H,4H2/q-1. The summed E-state index contributed by atoms with van der Waals surface area (Å²) in [5.41, 5.74) is -0.231. The number of amides is 1. The first kappa shape index (κ1) is 12.0. The molecule has 1 aliphatic heterocycles. The van der Waals surface area contributed by atoms with Crippen LogP contribution < -0.4 is 4.90 Å². The molecule has 0 N–H and O–H groups in total. The Labute approximate surface area is 99.2 Å². The molecule has 0 aromatic heterocycles. The van der Waals surface area contributed by atoms with Crippen molar-refractivity contribution in [3.63, 3.8) is 0 Å². The van der Waals surface area contributed by atoms with Gasteiger partial charge in [-0.15, -0.1) is 0 Å². The number of rotatable bonds is 2. The van der Waals surface area contributed by atoms with Gasteiger partial charge in [0.2, 0.25) is 0 Å². The van der Waals surface area contributed by atoms with Crippen LogP contribution in [0.15, 0.2) is 18.2 Å². The fraction of sp³-hybridized carbons (Fsp3) is 0.111. The maximum absolute atomic E-state index is 12.3. The highest BCUT2D eigenvalue weighted by atomic mass is 35.5. The van der Waals surface area contributed by atoms with Crippen LogP contribution in [0.1, 0.15) is 10.4 Å². The van der Waals surface area contributed by atoms with Crippen molar-refractivity contribution < 1.29 is 22.5 Å². The fourth-order valence-corrected chi connectivity index (χ4v) is 1.95. The quantitative estimate of drug-likeness (QED) is 0.605. The summed E-state index contributed by atoms with van der Waals surface area (Å²) in [4.78, 5) is 23.3. The monoisotopic (exact) mass is 262 g/mol. The van der Waals surface area contributed by atoms with E-state index < -0.39 is 25.1 Å². The number of anilines is 1. The first-order valence-corrected chi connectivity index (χ1v) is 5.05. The van der Waals surface area contributed by atoms with E-state index in [-0.39, 0.29) is 16.3 Å². The normalized spacial score (nSPS) is 15.4. The molecule has 0 unspecified atom stereocenters. The Bertz CT molecular complexity index is 517. The first-order chi connectivity index (χ1) is 7.81. The molecular weight excluding hydrogens is 257 g/mol. The second-order valence-corrected chi connectivity index (χ2v) is 4.00. The van der Waals surface area contributed by atoms with Gasteiger partial charge in [-0.2, -0.15) is 0 Å². The molecule has 1 heterocycles.